The highest BCUT2D eigenvalue weighted by atomic mass is 16.6. The Balaban J connectivity index is 1.59. The molecule has 0 aromatic carbocycles. The zero-order valence-electron chi connectivity index (χ0n) is 15.1. The van der Waals surface area contributed by atoms with E-state index in [0.29, 0.717) is 11.9 Å². The number of primary amides is 1. The molecule has 0 atom stereocenters. The van der Waals surface area contributed by atoms with Crippen molar-refractivity contribution in [3.05, 3.63) is 27.9 Å². The maximum atomic E-state index is 11.6. The number of piperidine rings is 2. The summed E-state index contributed by atoms with van der Waals surface area (Å²) in [6.07, 6.45) is 5.48. The number of carbonyl (C=O) groups excluding carboxylic acids is 1. The molecule has 0 aliphatic carbocycles. The first-order valence-corrected chi connectivity index (χ1v) is 9.07. The van der Waals surface area contributed by atoms with Gasteiger partial charge in [-0.15, -0.1) is 0 Å². The van der Waals surface area contributed by atoms with Crippen LogP contribution in [0.4, 0.5) is 11.5 Å². The van der Waals surface area contributed by atoms with Crippen molar-refractivity contribution in [3.63, 3.8) is 0 Å². The largest absolute Gasteiger partial charge is 0.367 e. The van der Waals surface area contributed by atoms with Crippen molar-refractivity contribution in [2.45, 2.75) is 37.8 Å². The number of nitrogens with one attached hydrogen (secondary N) is 1. The molecule has 0 radical (unpaired) electrons. The van der Waals surface area contributed by atoms with Crippen molar-refractivity contribution in [2.75, 3.05) is 38.5 Å². The van der Waals surface area contributed by atoms with Crippen molar-refractivity contribution in [1.29, 1.82) is 0 Å². The van der Waals surface area contributed by atoms with Gasteiger partial charge in [-0.05, 0) is 45.8 Å². The Labute approximate surface area is 152 Å². The van der Waals surface area contributed by atoms with Gasteiger partial charge in [0.05, 0.1) is 10.5 Å². The van der Waals surface area contributed by atoms with Gasteiger partial charge in [-0.3, -0.25) is 14.9 Å². The Bertz CT molecular complexity index is 666. The van der Waals surface area contributed by atoms with Crippen molar-refractivity contribution in [1.82, 2.24) is 14.8 Å². The van der Waals surface area contributed by atoms with E-state index in [9.17, 15) is 14.9 Å². The molecule has 26 heavy (non-hydrogen) atoms. The number of carbonyl (C=O) groups is 1. The summed E-state index contributed by atoms with van der Waals surface area (Å²) >= 11 is 0. The van der Waals surface area contributed by atoms with Gasteiger partial charge >= 0.3 is 0 Å². The smallest absolute Gasteiger partial charge is 0.288 e. The Hall–Kier alpha value is -2.26. The number of hydrogen-bond donors (Lipinski definition) is 2. The Morgan fingerprint density at radius 1 is 1.27 bits per heavy atom. The van der Waals surface area contributed by atoms with Crippen molar-refractivity contribution < 1.29 is 9.72 Å². The van der Waals surface area contributed by atoms with Crippen LogP contribution in [0.2, 0.25) is 0 Å². The van der Waals surface area contributed by atoms with Gasteiger partial charge in [0.15, 0.2) is 0 Å². The van der Waals surface area contributed by atoms with E-state index < -0.39 is 10.8 Å². The molecule has 0 saturated carbocycles. The first kappa shape index (κ1) is 18.5. The van der Waals surface area contributed by atoms with E-state index in [0.717, 1.165) is 45.2 Å². The summed E-state index contributed by atoms with van der Waals surface area (Å²) in [7, 11) is 2.17. The van der Waals surface area contributed by atoms with E-state index >= 15 is 0 Å². The lowest BCUT2D eigenvalue weighted by Gasteiger charge is -2.41. The van der Waals surface area contributed by atoms with Gasteiger partial charge < -0.3 is 20.9 Å². The van der Waals surface area contributed by atoms with Gasteiger partial charge in [-0.1, -0.05) is 0 Å². The van der Waals surface area contributed by atoms with E-state index in [2.05, 4.69) is 27.1 Å². The summed E-state index contributed by atoms with van der Waals surface area (Å²) in [5.41, 5.74) is 5.20. The molecule has 3 N–H and O–H groups in total. The third-order valence-corrected chi connectivity index (χ3v) is 5.42. The van der Waals surface area contributed by atoms with Crippen LogP contribution in [0.5, 0.6) is 0 Å². The number of likely N-dealkylation sites (tertiary alicyclic amines) is 2. The van der Waals surface area contributed by atoms with Crippen LogP contribution in [0.3, 0.4) is 0 Å². The lowest BCUT2D eigenvalue weighted by Crippen LogP contribution is -2.48. The molecule has 2 aliphatic heterocycles. The fraction of sp³-hybridized carbons (Fsp3) is 0.647. The normalized spacial score (nSPS) is 20.8. The van der Waals surface area contributed by atoms with Crippen LogP contribution in [-0.4, -0.2) is 70.9 Å². The number of hydrogen-bond acceptors (Lipinski definition) is 7. The highest BCUT2D eigenvalue weighted by Crippen LogP contribution is 2.24. The minimum atomic E-state index is -0.715. The maximum absolute atomic E-state index is 11.6. The molecule has 2 saturated heterocycles. The van der Waals surface area contributed by atoms with Crippen LogP contribution in [-0.2, 0) is 0 Å². The summed E-state index contributed by atoms with van der Waals surface area (Å²) in [5, 5.41) is 14.1. The minimum absolute atomic E-state index is 0.0666. The third kappa shape index (κ3) is 4.28. The number of nitro groups is 1. The molecule has 0 spiro atoms. The first-order chi connectivity index (χ1) is 12.4. The average Bonchev–Trinajstić information content (AvgIpc) is 2.63. The standard InChI is InChI=1S/C17H26N6O3/c1-21-6-4-13(5-7-21)22-8-2-12(3-9-22)20-17-15(16(18)24)10-14(11-19-17)23(25)26/h10-13H,2-9H2,1H3,(H2,18,24)(H,19,20). The zero-order chi connectivity index (χ0) is 18.7. The van der Waals surface area contributed by atoms with Gasteiger partial charge in [-0.25, -0.2) is 4.98 Å². The number of nitrogens with two attached hydrogens (primary N) is 1. The van der Waals surface area contributed by atoms with Crippen LogP contribution < -0.4 is 11.1 Å². The van der Waals surface area contributed by atoms with E-state index in [-0.39, 0.29) is 17.3 Å². The molecular formula is C17H26N6O3. The highest BCUT2D eigenvalue weighted by molar-refractivity contribution is 5.98. The van der Waals surface area contributed by atoms with Gasteiger partial charge in [-0.2, -0.15) is 0 Å². The predicted molar refractivity (Wildman–Crippen MR) is 98.1 cm³/mol. The molecule has 9 nitrogen and oxygen atoms in total. The molecule has 3 rings (SSSR count). The Morgan fingerprint density at radius 3 is 2.50 bits per heavy atom. The summed E-state index contributed by atoms with van der Waals surface area (Å²) in [6, 6.07) is 2.03. The Morgan fingerprint density at radius 2 is 1.92 bits per heavy atom. The Kier molecular flexibility index (Phi) is 5.67. The van der Waals surface area contributed by atoms with Crippen molar-refractivity contribution in [2.24, 2.45) is 5.73 Å². The molecule has 1 aromatic heterocycles. The fourth-order valence-corrected chi connectivity index (χ4v) is 3.82. The predicted octanol–water partition coefficient (Wildman–Crippen LogP) is 1.06. The molecule has 3 heterocycles. The second kappa shape index (κ2) is 7.96. The number of nitrogens with zero attached hydrogens (tertiary/aromatic N) is 4. The fourth-order valence-electron chi connectivity index (χ4n) is 3.82. The quantitative estimate of drug-likeness (QED) is 0.594. The molecule has 1 amide bonds. The number of rotatable bonds is 5. The molecule has 2 fully saturated rings. The molecule has 2 aliphatic rings. The lowest BCUT2D eigenvalue weighted by molar-refractivity contribution is -0.385. The van der Waals surface area contributed by atoms with Crippen LogP contribution in [0, 0.1) is 10.1 Å². The monoisotopic (exact) mass is 362 g/mol. The zero-order valence-corrected chi connectivity index (χ0v) is 15.1. The highest BCUT2D eigenvalue weighted by Gasteiger charge is 2.28. The maximum Gasteiger partial charge on any atom is 0.288 e. The van der Waals surface area contributed by atoms with Gasteiger partial charge in [0.1, 0.15) is 12.0 Å². The second-order valence-electron chi connectivity index (χ2n) is 7.20. The van der Waals surface area contributed by atoms with Gasteiger partial charge in [0, 0.05) is 31.2 Å². The molecule has 0 bridgehead atoms. The van der Waals surface area contributed by atoms with E-state index in [4.69, 9.17) is 5.73 Å². The van der Waals surface area contributed by atoms with E-state index in [1.165, 1.54) is 18.9 Å². The van der Waals surface area contributed by atoms with Crippen LogP contribution >= 0.6 is 0 Å². The van der Waals surface area contributed by atoms with Crippen LogP contribution in [0.15, 0.2) is 12.3 Å². The topological polar surface area (TPSA) is 118 Å². The van der Waals surface area contributed by atoms with E-state index in [1.54, 1.807) is 0 Å². The number of aromatic nitrogens is 1. The van der Waals surface area contributed by atoms with Gasteiger partial charge in [0.2, 0.25) is 0 Å². The second-order valence-corrected chi connectivity index (χ2v) is 7.20. The first-order valence-electron chi connectivity index (χ1n) is 9.07. The van der Waals surface area contributed by atoms with Crippen LogP contribution in [0.25, 0.3) is 0 Å². The SMILES string of the molecule is CN1CCC(N2CCC(Nc3ncc([N+](=O)[O-])cc3C(N)=O)CC2)CC1. The average molecular weight is 362 g/mol. The summed E-state index contributed by atoms with van der Waals surface area (Å²) < 4.78 is 0. The summed E-state index contributed by atoms with van der Waals surface area (Å²) in [4.78, 5) is 30.9. The lowest BCUT2D eigenvalue weighted by atomic mass is 9.98. The molecule has 9 heteroatoms. The molecular weight excluding hydrogens is 336 g/mol. The van der Waals surface area contributed by atoms with Gasteiger partial charge in [0.25, 0.3) is 11.6 Å². The number of amides is 1. The minimum Gasteiger partial charge on any atom is -0.367 e. The van der Waals surface area contributed by atoms with E-state index in [1.807, 2.05) is 0 Å². The molecule has 1 aromatic rings. The summed E-state index contributed by atoms with van der Waals surface area (Å²) in [6.45, 7) is 4.31. The molecule has 142 valence electrons. The van der Waals surface area contributed by atoms with Crippen molar-refractivity contribution in [3.8, 4) is 0 Å². The van der Waals surface area contributed by atoms with Crippen molar-refractivity contribution >= 4 is 17.4 Å². The number of anilines is 1. The number of pyridine rings is 1. The third-order valence-electron chi connectivity index (χ3n) is 5.42. The molecule has 0 unspecified atom stereocenters. The van der Waals surface area contributed by atoms with Crippen LogP contribution in [0.1, 0.15) is 36.0 Å². The summed E-state index contributed by atoms with van der Waals surface area (Å²) in [5.74, 6) is -0.381.